The van der Waals surface area contributed by atoms with E-state index in [0.717, 1.165) is 0 Å². The van der Waals surface area contributed by atoms with E-state index in [2.05, 4.69) is 11.6 Å². The lowest BCUT2D eigenvalue weighted by Gasteiger charge is -2.14. The Morgan fingerprint density at radius 1 is 1.12 bits per heavy atom. The second-order valence-electron chi connectivity index (χ2n) is 1.20. The summed E-state index contributed by atoms with van der Waals surface area (Å²) >= 11 is 3.86. The molecule has 0 heterocycles. The van der Waals surface area contributed by atoms with E-state index in [1.54, 1.807) is 0 Å². The lowest BCUT2D eigenvalue weighted by molar-refractivity contribution is -0.124. The van der Waals surface area contributed by atoms with Crippen molar-refractivity contribution >= 4 is 11.6 Å². The molecule has 0 saturated heterocycles. The highest BCUT2D eigenvalue weighted by Gasteiger charge is 2.50. The molecule has 0 unspecified atom stereocenters. The van der Waals surface area contributed by atoms with Gasteiger partial charge in [0.1, 0.15) is 0 Å². The summed E-state index contributed by atoms with van der Waals surface area (Å²) in [4.78, 5) is 0. The normalized spacial score (nSPS) is 14.2. The summed E-state index contributed by atoms with van der Waals surface area (Å²) in [7, 11) is 0. The van der Waals surface area contributed by atoms with E-state index in [-0.39, 0.29) is 0 Å². The van der Waals surface area contributed by atoms with Crippen molar-refractivity contribution in [2.24, 2.45) is 0 Å². The second-order valence-corrected chi connectivity index (χ2v) is 1.68. The maximum Gasteiger partial charge on any atom is 0.384 e. The van der Waals surface area contributed by atoms with Gasteiger partial charge in [0.15, 0.2) is 0 Å². The predicted octanol–water partition coefficient (Wildman–Crippen LogP) is 2.29. The molecule has 49 valence electrons. The van der Waals surface area contributed by atoms with Crippen molar-refractivity contribution in [1.82, 2.24) is 0 Å². The Morgan fingerprint density at radius 2 is 1.25 bits per heavy atom. The van der Waals surface area contributed by atoms with Gasteiger partial charge in [-0.05, 0) is 11.6 Å². The van der Waals surface area contributed by atoms with Crippen molar-refractivity contribution in [3.8, 4) is 0 Å². The summed E-state index contributed by atoms with van der Waals surface area (Å²) in [5.41, 5.74) is 0. The minimum atomic E-state index is -4.53. The van der Waals surface area contributed by atoms with Gasteiger partial charge in [-0.3, -0.25) is 0 Å². The first kappa shape index (κ1) is 8.01. The average molecular weight is 149 g/mol. The molecule has 0 rings (SSSR count). The topological polar surface area (TPSA) is 0 Å². The summed E-state index contributed by atoms with van der Waals surface area (Å²) in [6.45, 7) is 1.83. The Balaban J connectivity index is 4.02. The highest BCUT2D eigenvalue weighted by Crippen LogP contribution is 2.36. The third-order valence-corrected chi connectivity index (χ3v) is 0.691. The zero-order valence-electron chi connectivity index (χ0n) is 3.60. The van der Waals surface area contributed by atoms with Gasteiger partial charge in [0.25, 0.3) is 0 Å². The third-order valence-electron chi connectivity index (χ3n) is 0.415. The van der Waals surface area contributed by atoms with Gasteiger partial charge in [-0.2, -0.15) is 17.6 Å². The number of rotatable bonds is 1. The van der Waals surface area contributed by atoms with Crippen molar-refractivity contribution in [3.63, 3.8) is 0 Å². The third kappa shape index (κ3) is 1.86. The van der Waals surface area contributed by atoms with Gasteiger partial charge >= 0.3 is 11.3 Å². The lowest BCUT2D eigenvalue weighted by Crippen LogP contribution is -2.31. The molecular formula is C3H2ClF4. The maximum atomic E-state index is 11.2. The molecule has 1 radical (unpaired) electrons. The number of hydrogen-bond acceptors (Lipinski definition) is 0. The van der Waals surface area contributed by atoms with E-state index in [1.165, 1.54) is 0 Å². The average Bonchev–Trinajstić information content (AvgIpc) is 1.25. The maximum absolute atomic E-state index is 11.2. The van der Waals surface area contributed by atoms with E-state index in [9.17, 15) is 17.6 Å². The van der Waals surface area contributed by atoms with Crippen LogP contribution in [-0.2, 0) is 0 Å². The Bertz CT molecular complexity index is 66.3. The number of hydrogen-bond donors (Lipinski definition) is 0. The minimum Gasteiger partial charge on any atom is -0.198 e. The quantitative estimate of drug-likeness (QED) is 0.396. The van der Waals surface area contributed by atoms with Crippen molar-refractivity contribution in [2.75, 3.05) is 0 Å². The minimum absolute atomic E-state index is 1.83. The van der Waals surface area contributed by atoms with Gasteiger partial charge in [-0.1, -0.05) is 0 Å². The van der Waals surface area contributed by atoms with Gasteiger partial charge in [-0.25, -0.2) is 0 Å². The molecule has 5 heteroatoms. The number of halogens is 5. The van der Waals surface area contributed by atoms with E-state index in [1.807, 2.05) is 6.92 Å². The second kappa shape index (κ2) is 1.76. The molecule has 0 aromatic rings. The van der Waals surface area contributed by atoms with E-state index < -0.39 is 11.3 Å². The van der Waals surface area contributed by atoms with Crippen LogP contribution in [0.4, 0.5) is 17.6 Å². The van der Waals surface area contributed by atoms with Crippen LogP contribution in [0.2, 0.25) is 0 Å². The van der Waals surface area contributed by atoms with Crippen LogP contribution in [-0.4, -0.2) is 11.3 Å². The highest BCUT2D eigenvalue weighted by atomic mass is 35.5. The van der Waals surface area contributed by atoms with Gasteiger partial charge in [0, 0.05) is 6.92 Å². The molecule has 0 amide bonds. The fourth-order valence-electron chi connectivity index (χ4n) is 0. The smallest absolute Gasteiger partial charge is 0.198 e. The summed E-state index contributed by atoms with van der Waals surface area (Å²) in [6.07, 6.45) is 0. The van der Waals surface area contributed by atoms with E-state index in [0.29, 0.717) is 0 Å². The van der Waals surface area contributed by atoms with Gasteiger partial charge in [0.2, 0.25) is 0 Å². The highest BCUT2D eigenvalue weighted by molar-refractivity contribution is 6.22. The lowest BCUT2D eigenvalue weighted by atomic mass is 10.4. The fraction of sp³-hybridized carbons (Fsp3) is 0.667. The largest absolute Gasteiger partial charge is 0.384 e. The van der Waals surface area contributed by atoms with Gasteiger partial charge in [0.05, 0.1) is 0 Å². The van der Waals surface area contributed by atoms with Crippen molar-refractivity contribution in [3.05, 3.63) is 6.92 Å². The van der Waals surface area contributed by atoms with Crippen LogP contribution in [0.1, 0.15) is 0 Å². The molecule has 0 bridgehead atoms. The van der Waals surface area contributed by atoms with Crippen LogP contribution in [0.3, 0.4) is 0 Å². The molecule has 0 spiro atoms. The summed E-state index contributed by atoms with van der Waals surface area (Å²) in [5.74, 6) is -4.38. The zero-order valence-corrected chi connectivity index (χ0v) is 4.35. The number of alkyl halides is 5. The molecular weight excluding hydrogens is 147 g/mol. The first-order chi connectivity index (χ1) is 3.25. The van der Waals surface area contributed by atoms with Crippen LogP contribution < -0.4 is 0 Å². The van der Waals surface area contributed by atoms with Crippen molar-refractivity contribution in [2.45, 2.75) is 11.3 Å². The summed E-state index contributed by atoms with van der Waals surface area (Å²) in [6, 6.07) is 0. The Hall–Kier alpha value is 0.01000. The first-order valence-corrected chi connectivity index (χ1v) is 1.93. The molecule has 0 fully saturated rings. The molecule has 0 nitrogen and oxygen atoms in total. The van der Waals surface area contributed by atoms with Crippen LogP contribution in [0.25, 0.3) is 0 Å². The molecule has 0 saturated carbocycles. The van der Waals surface area contributed by atoms with Crippen LogP contribution >= 0.6 is 11.6 Å². The van der Waals surface area contributed by atoms with Crippen molar-refractivity contribution in [1.29, 1.82) is 0 Å². The molecule has 0 N–H and O–H groups in total. The van der Waals surface area contributed by atoms with E-state index >= 15 is 0 Å². The Kier molecular flexibility index (Phi) is 1.76. The summed E-state index contributed by atoms with van der Waals surface area (Å²) in [5, 5.41) is -4.53. The molecule has 0 aliphatic heterocycles. The molecule has 0 aromatic carbocycles. The molecule has 0 aliphatic carbocycles. The SMILES string of the molecule is [CH2]C(F)(F)C(F)(F)Cl. The Labute approximate surface area is 48.4 Å². The molecule has 0 aromatic heterocycles. The molecule has 8 heavy (non-hydrogen) atoms. The van der Waals surface area contributed by atoms with Crippen LogP contribution in [0, 0.1) is 6.92 Å². The van der Waals surface area contributed by atoms with Gasteiger partial charge in [-0.15, -0.1) is 0 Å². The molecule has 0 aliphatic rings. The van der Waals surface area contributed by atoms with E-state index in [4.69, 9.17) is 0 Å². The monoisotopic (exact) mass is 149 g/mol. The summed E-state index contributed by atoms with van der Waals surface area (Å²) < 4.78 is 44.8. The van der Waals surface area contributed by atoms with Crippen LogP contribution in [0.15, 0.2) is 0 Å². The Morgan fingerprint density at radius 3 is 1.25 bits per heavy atom. The van der Waals surface area contributed by atoms with Gasteiger partial charge < -0.3 is 0 Å². The van der Waals surface area contributed by atoms with Crippen LogP contribution in [0.5, 0.6) is 0 Å². The van der Waals surface area contributed by atoms with Crippen molar-refractivity contribution < 1.29 is 17.6 Å². The standard InChI is InChI=1S/C3H2ClF4/c1-2(5,6)3(4,7)8/h1H2. The fourth-order valence-corrected chi connectivity index (χ4v) is 0. The zero-order chi connectivity index (χ0) is 7.00. The first-order valence-electron chi connectivity index (χ1n) is 1.55. The molecule has 0 atom stereocenters. The predicted molar refractivity (Wildman–Crippen MR) is 21.1 cm³/mol.